The number of carboxylic acids is 1. The zero-order chi connectivity index (χ0) is 23.5. The topological polar surface area (TPSA) is 120 Å². The number of hydrogen-bond donors (Lipinski definition) is 4. The van der Waals surface area contributed by atoms with Crippen LogP contribution in [0.4, 0.5) is 16.2 Å². The van der Waals surface area contributed by atoms with Gasteiger partial charge in [-0.2, -0.15) is 0 Å². The Morgan fingerprint density at radius 1 is 1.03 bits per heavy atom. The first-order valence-corrected chi connectivity index (χ1v) is 10.4. The number of hydrazine groups is 1. The number of amides is 3. The molecule has 32 heavy (non-hydrogen) atoms. The van der Waals surface area contributed by atoms with Gasteiger partial charge in [0.25, 0.3) is 0 Å². The molecule has 3 amide bonds. The molecule has 2 aromatic rings. The lowest BCUT2D eigenvalue weighted by Gasteiger charge is -2.22. The standard InChI is InChI=1S/C23H30N4O5/c1-4-12-27(13-11-22(29)30)26-21(28)15-17-9-10-19(20(14-17)32-3)25-23(31)24-18-8-6-5-7-16(18)2/h5-10,14H,4,11-13,15H2,1-3H3,(H,26,28)(H,29,30)(H2,24,25,31). The van der Waals surface area contributed by atoms with Crippen LogP contribution in [-0.2, 0) is 16.0 Å². The number of nitrogens with zero attached hydrogens (tertiary/aromatic N) is 1. The Balaban J connectivity index is 1.99. The van der Waals surface area contributed by atoms with Crippen molar-refractivity contribution in [3.8, 4) is 5.75 Å². The van der Waals surface area contributed by atoms with Crippen LogP contribution in [0.1, 0.15) is 30.9 Å². The zero-order valence-corrected chi connectivity index (χ0v) is 18.6. The van der Waals surface area contributed by atoms with E-state index in [0.717, 1.165) is 12.0 Å². The Labute approximate surface area is 187 Å². The van der Waals surface area contributed by atoms with Gasteiger partial charge in [-0.25, -0.2) is 9.80 Å². The molecule has 0 spiro atoms. The second-order valence-corrected chi connectivity index (χ2v) is 7.27. The van der Waals surface area contributed by atoms with Crippen molar-refractivity contribution in [3.63, 3.8) is 0 Å². The van der Waals surface area contributed by atoms with Crippen molar-refractivity contribution in [2.24, 2.45) is 0 Å². The van der Waals surface area contributed by atoms with Gasteiger partial charge in [-0.3, -0.25) is 15.0 Å². The summed E-state index contributed by atoms with van der Waals surface area (Å²) in [5.41, 5.74) is 5.56. The number of hydrogen-bond acceptors (Lipinski definition) is 5. The second-order valence-electron chi connectivity index (χ2n) is 7.27. The molecule has 0 saturated carbocycles. The van der Waals surface area contributed by atoms with Crippen LogP contribution in [0.3, 0.4) is 0 Å². The van der Waals surface area contributed by atoms with Crippen molar-refractivity contribution < 1.29 is 24.2 Å². The van der Waals surface area contributed by atoms with E-state index in [2.05, 4.69) is 16.1 Å². The molecule has 9 heteroatoms. The van der Waals surface area contributed by atoms with Gasteiger partial charge >= 0.3 is 12.0 Å². The number of anilines is 2. The van der Waals surface area contributed by atoms with Crippen LogP contribution in [-0.4, -0.2) is 48.2 Å². The van der Waals surface area contributed by atoms with Gasteiger partial charge in [-0.15, -0.1) is 0 Å². The number of methoxy groups -OCH3 is 1. The van der Waals surface area contributed by atoms with E-state index >= 15 is 0 Å². The quantitative estimate of drug-likeness (QED) is 0.396. The van der Waals surface area contributed by atoms with Crippen molar-refractivity contribution in [1.82, 2.24) is 10.4 Å². The summed E-state index contributed by atoms with van der Waals surface area (Å²) in [6, 6.07) is 12.1. The highest BCUT2D eigenvalue weighted by Crippen LogP contribution is 2.26. The number of nitrogens with one attached hydrogen (secondary N) is 3. The van der Waals surface area contributed by atoms with Crippen LogP contribution in [0.2, 0.25) is 0 Å². The number of aliphatic carboxylic acids is 1. The van der Waals surface area contributed by atoms with E-state index in [1.807, 2.05) is 38.1 Å². The number of ether oxygens (including phenoxy) is 1. The lowest BCUT2D eigenvalue weighted by molar-refractivity contribution is -0.138. The average molecular weight is 443 g/mol. The fourth-order valence-corrected chi connectivity index (χ4v) is 3.06. The molecule has 172 valence electrons. The molecule has 0 aliphatic heterocycles. The predicted octanol–water partition coefficient (Wildman–Crippen LogP) is 3.41. The molecule has 2 aromatic carbocycles. The van der Waals surface area contributed by atoms with E-state index in [0.29, 0.717) is 29.2 Å². The molecule has 4 N–H and O–H groups in total. The highest BCUT2D eigenvalue weighted by molar-refractivity contribution is 6.01. The van der Waals surface area contributed by atoms with Crippen LogP contribution in [0.15, 0.2) is 42.5 Å². The minimum Gasteiger partial charge on any atom is -0.495 e. The van der Waals surface area contributed by atoms with E-state index in [-0.39, 0.29) is 25.3 Å². The normalized spacial score (nSPS) is 10.5. The molecule has 2 rings (SSSR count). The maximum atomic E-state index is 12.4. The third-order valence-electron chi connectivity index (χ3n) is 4.64. The lowest BCUT2D eigenvalue weighted by Crippen LogP contribution is -2.44. The van der Waals surface area contributed by atoms with Crippen molar-refractivity contribution in [2.75, 3.05) is 30.8 Å². The molecular weight excluding hydrogens is 412 g/mol. The first kappa shape index (κ1) is 24.7. The van der Waals surface area contributed by atoms with Crippen molar-refractivity contribution in [2.45, 2.75) is 33.1 Å². The lowest BCUT2D eigenvalue weighted by atomic mass is 10.1. The maximum absolute atomic E-state index is 12.4. The molecule has 0 aromatic heterocycles. The van der Waals surface area contributed by atoms with Gasteiger partial charge in [-0.1, -0.05) is 31.2 Å². The molecule has 0 aliphatic carbocycles. The first-order chi connectivity index (χ1) is 15.3. The maximum Gasteiger partial charge on any atom is 0.323 e. The Bertz CT molecular complexity index is 948. The summed E-state index contributed by atoms with van der Waals surface area (Å²) in [6.07, 6.45) is 0.803. The van der Waals surface area contributed by atoms with Gasteiger partial charge in [0.15, 0.2) is 0 Å². The molecule has 0 heterocycles. The fraction of sp³-hybridized carbons (Fsp3) is 0.348. The van der Waals surface area contributed by atoms with Crippen LogP contribution >= 0.6 is 0 Å². The Morgan fingerprint density at radius 2 is 1.75 bits per heavy atom. The van der Waals surface area contributed by atoms with Crippen LogP contribution in [0, 0.1) is 6.92 Å². The van der Waals surface area contributed by atoms with Crippen molar-refractivity contribution in [1.29, 1.82) is 0 Å². The summed E-state index contributed by atoms with van der Waals surface area (Å²) in [7, 11) is 1.48. The summed E-state index contributed by atoms with van der Waals surface area (Å²) in [6.45, 7) is 4.64. The molecular formula is C23H30N4O5. The highest BCUT2D eigenvalue weighted by Gasteiger charge is 2.14. The van der Waals surface area contributed by atoms with Crippen LogP contribution in [0.5, 0.6) is 5.75 Å². The first-order valence-electron chi connectivity index (χ1n) is 10.4. The minimum absolute atomic E-state index is 0.0565. The van der Waals surface area contributed by atoms with Gasteiger partial charge in [0, 0.05) is 18.8 Å². The van der Waals surface area contributed by atoms with E-state index < -0.39 is 12.0 Å². The molecule has 0 saturated heterocycles. The van der Waals surface area contributed by atoms with Gasteiger partial charge in [0.2, 0.25) is 5.91 Å². The predicted molar refractivity (Wildman–Crippen MR) is 123 cm³/mol. The SMILES string of the molecule is CCCN(CCC(=O)O)NC(=O)Cc1ccc(NC(=O)Nc2ccccc2C)c(OC)c1. The Morgan fingerprint density at radius 3 is 2.41 bits per heavy atom. The summed E-state index contributed by atoms with van der Waals surface area (Å²) >= 11 is 0. The number of urea groups is 1. The molecule has 0 fully saturated rings. The van der Waals surface area contributed by atoms with Gasteiger partial charge in [-0.05, 0) is 42.7 Å². The minimum atomic E-state index is -0.917. The highest BCUT2D eigenvalue weighted by atomic mass is 16.5. The third-order valence-corrected chi connectivity index (χ3v) is 4.64. The third kappa shape index (κ3) is 7.92. The molecule has 9 nitrogen and oxygen atoms in total. The molecule has 0 radical (unpaired) electrons. The second kappa shape index (κ2) is 12.3. The summed E-state index contributed by atoms with van der Waals surface area (Å²) in [4.78, 5) is 35.6. The van der Waals surface area contributed by atoms with Gasteiger partial charge in [0.05, 0.1) is 25.6 Å². The summed E-state index contributed by atoms with van der Waals surface area (Å²) < 4.78 is 5.38. The molecule has 0 bridgehead atoms. The number of carbonyl (C=O) groups excluding carboxylic acids is 2. The van der Waals surface area contributed by atoms with Crippen molar-refractivity contribution >= 4 is 29.3 Å². The average Bonchev–Trinajstić information content (AvgIpc) is 2.74. The summed E-state index contributed by atoms with van der Waals surface area (Å²) in [5.74, 6) is -0.755. The largest absolute Gasteiger partial charge is 0.495 e. The van der Waals surface area contributed by atoms with Crippen LogP contribution < -0.4 is 20.8 Å². The molecule has 0 atom stereocenters. The molecule has 0 unspecified atom stereocenters. The van der Waals surface area contributed by atoms with E-state index in [9.17, 15) is 14.4 Å². The number of rotatable bonds is 11. The Kier molecular flexibility index (Phi) is 9.49. The van der Waals surface area contributed by atoms with Crippen LogP contribution in [0.25, 0.3) is 0 Å². The van der Waals surface area contributed by atoms with Gasteiger partial charge in [0.1, 0.15) is 5.75 Å². The summed E-state index contributed by atoms with van der Waals surface area (Å²) in [5, 5.41) is 16.0. The number of benzene rings is 2. The number of aryl methyl sites for hydroxylation is 1. The zero-order valence-electron chi connectivity index (χ0n) is 18.6. The monoisotopic (exact) mass is 442 g/mol. The fourth-order valence-electron chi connectivity index (χ4n) is 3.06. The number of para-hydroxylation sites is 1. The van der Waals surface area contributed by atoms with E-state index in [1.54, 1.807) is 23.2 Å². The van der Waals surface area contributed by atoms with Gasteiger partial charge < -0.3 is 20.5 Å². The number of carboxylic acid groups (broad SMARTS) is 1. The smallest absolute Gasteiger partial charge is 0.323 e. The van der Waals surface area contributed by atoms with E-state index in [1.165, 1.54) is 7.11 Å². The van der Waals surface area contributed by atoms with E-state index in [4.69, 9.17) is 9.84 Å². The molecule has 0 aliphatic rings. The van der Waals surface area contributed by atoms with Crippen molar-refractivity contribution in [3.05, 3.63) is 53.6 Å². The Hall–Kier alpha value is -3.59. The number of carbonyl (C=O) groups is 3.